The van der Waals surface area contributed by atoms with E-state index in [1.165, 1.54) is 11.3 Å². The molecule has 1 aliphatic heterocycles. The summed E-state index contributed by atoms with van der Waals surface area (Å²) in [5, 5.41) is 11.4. The maximum absolute atomic E-state index is 14.5. The van der Waals surface area contributed by atoms with Crippen molar-refractivity contribution in [3.63, 3.8) is 0 Å². The summed E-state index contributed by atoms with van der Waals surface area (Å²) in [4.78, 5) is 33.3. The Kier molecular flexibility index (Phi) is 9.66. The van der Waals surface area contributed by atoms with E-state index in [2.05, 4.69) is 28.7 Å². The Labute approximate surface area is 294 Å². The van der Waals surface area contributed by atoms with Gasteiger partial charge in [-0.1, -0.05) is 59.9 Å². The van der Waals surface area contributed by atoms with Crippen molar-refractivity contribution in [3.8, 4) is 23.3 Å². The minimum atomic E-state index is -0.868. The van der Waals surface area contributed by atoms with Gasteiger partial charge < -0.3 is 18.9 Å². The summed E-state index contributed by atoms with van der Waals surface area (Å²) < 4.78 is 26.1. The topological polar surface area (TPSA) is 112 Å². The zero-order valence-corrected chi connectivity index (χ0v) is 29.5. The van der Waals surface area contributed by atoms with Crippen LogP contribution in [0.3, 0.4) is 0 Å². The molecule has 9 nitrogen and oxygen atoms in total. The number of nitriles is 1. The molecule has 1 atom stereocenters. The van der Waals surface area contributed by atoms with Crippen molar-refractivity contribution in [1.29, 1.82) is 5.26 Å². The first kappa shape index (κ1) is 33.0. The van der Waals surface area contributed by atoms with Crippen LogP contribution >= 0.6 is 33.9 Å². The van der Waals surface area contributed by atoms with Crippen LogP contribution in [0.1, 0.15) is 42.1 Å². The summed E-state index contributed by atoms with van der Waals surface area (Å²) in [5.74, 6) is 0.880. The summed E-state index contributed by atoms with van der Waals surface area (Å²) in [6.07, 6.45) is 1.75. The van der Waals surface area contributed by atoms with Crippen LogP contribution in [0.15, 0.2) is 93.9 Å². The van der Waals surface area contributed by atoms with Gasteiger partial charge >= 0.3 is 5.97 Å². The first-order chi connectivity index (χ1) is 23.3. The van der Waals surface area contributed by atoms with Gasteiger partial charge in [0.05, 0.1) is 48.3 Å². The number of hydrogen-bond acceptors (Lipinski definition) is 9. The molecule has 0 bridgehead atoms. The van der Waals surface area contributed by atoms with Crippen LogP contribution in [0.2, 0.25) is 0 Å². The SMILES string of the molecule is CCOC(=O)C1=C(C)N=c2s/c(=C\c3cc(I)cc(OC)c3OCc3ccccc3C#N)c(=O)n2C1c1c(OC)ccc2ccccc12. The third-order valence-electron chi connectivity index (χ3n) is 8.01. The van der Waals surface area contributed by atoms with Gasteiger partial charge in [-0.3, -0.25) is 9.36 Å². The molecule has 0 N–H and O–H groups in total. The van der Waals surface area contributed by atoms with Gasteiger partial charge in [-0.05, 0) is 77.6 Å². The standard InChI is InChI=1S/C37H30IN3O6S/c1-5-46-36(43)31-21(2)40-37-41(33(31)32-27-13-9-8-10-22(27)14-15-28(32)44-3)35(42)30(48-37)17-25-16-26(38)18-29(45-4)34(25)47-20-24-12-7-6-11-23(24)19-39/h6-18,33H,5,20H2,1-4H3/b30-17-. The molecule has 1 aliphatic rings. The number of aromatic nitrogens is 1. The number of hydrogen-bond donors (Lipinski definition) is 0. The van der Waals surface area contributed by atoms with Crippen LogP contribution in [0.5, 0.6) is 17.2 Å². The molecule has 0 spiro atoms. The van der Waals surface area contributed by atoms with Gasteiger partial charge in [0.1, 0.15) is 18.4 Å². The fourth-order valence-electron chi connectivity index (χ4n) is 5.85. The number of nitrogens with zero attached hydrogens (tertiary/aromatic N) is 3. The van der Waals surface area contributed by atoms with Crippen LogP contribution in [-0.4, -0.2) is 31.4 Å². The second-order valence-electron chi connectivity index (χ2n) is 10.8. The first-order valence-electron chi connectivity index (χ1n) is 15.0. The van der Waals surface area contributed by atoms with E-state index in [1.54, 1.807) is 50.8 Å². The number of ether oxygens (including phenoxy) is 4. The number of methoxy groups -OCH3 is 2. The minimum absolute atomic E-state index is 0.117. The Morgan fingerprint density at radius 1 is 1.06 bits per heavy atom. The van der Waals surface area contributed by atoms with E-state index in [9.17, 15) is 14.9 Å². The molecule has 5 aromatic rings. The fraction of sp³-hybridized carbons (Fsp3) is 0.189. The monoisotopic (exact) mass is 771 g/mol. The highest BCUT2D eigenvalue weighted by atomic mass is 127. The Morgan fingerprint density at radius 2 is 1.81 bits per heavy atom. The third-order valence-corrected chi connectivity index (χ3v) is 9.61. The number of thiazole rings is 1. The van der Waals surface area contributed by atoms with E-state index in [-0.39, 0.29) is 24.3 Å². The molecule has 0 amide bonds. The predicted molar refractivity (Wildman–Crippen MR) is 192 cm³/mol. The second kappa shape index (κ2) is 14.0. The van der Waals surface area contributed by atoms with Crippen LogP contribution in [0.25, 0.3) is 16.8 Å². The van der Waals surface area contributed by atoms with Gasteiger partial charge in [0.25, 0.3) is 5.56 Å². The van der Waals surface area contributed by atoms with Crippen LogP contribution in [0, 0.1) is 14.9 Å². The molecule has 1 unspecified atom stereocenters. The van der Waals surface area contributed by atoms with Gasteiger partial charge in [0.15, 0.2) is 16.3 Å². The molecule has 2 heterocycles. The maximum Gasteiger partial charge on any atom is 0.338 e. The zero-order valence-electron chi connectivity index (χ0n) is 26.6. The van der Waals surface area contributed by atoms with Gasteiger partial charge in [-0.25, -0.2) is 9.79 Å². The molecule has 0 aliphatic carbocycles. The van der Waals surface area contributed by atoms with Crippen molar-refractivity contribution in [2.75, 3.05) is 20.8 Å². The molecule has 6 rings (SSSR count). The fourth-order valence-corrected chi connectivity index (χ4v) is 7.50. The zero-order chi connectivity index (χ0) is 33.9. The lowest BCUT2D eigenvalue weighted by Gasteiger charge is -2.27. The van der Waals surface area contributed by atoms with Gasteiger partial charge in [0, 0.05) is 20.3 Å². The van der Waals surface area contributed by atoms with Crippen LogP contribution < -0.4 is 29.1 Å². The van der Waals surface area contributed by atoms with Crippen molar-refractivity contribution in [3.05, 3.63) is 130 Å². The predicted octanol–water partition coefficient (Wildman–Crippen LogP) is 6.02. The summed E-state index contributed by atoms with van der Waals surface area (Å²) in [5.41, 5.74) is 2.88. The number of rotatable bonds is 9. The molecular formula is C37H30IN3O6S. The molecule has 1 aromatic heterocycles. The van der Waals surface area contributed by atoms with Gasteiger partial charge in [0.2, 0.25) is 0 Å². The summed E-state index contributed by atoms with van der Waals surface area (Å²) in [7, 11) is 3.12. The Bertz CT molecular complexity index is 2340. The number of carbonyl (C=O) groups excluding carboxylic acids is 1. The van der Waals surface area contributed by atoms with Gasteiger partial charge in [-0.2, -0.15) is 5.26 Å². The van der Waals surface area contributed by atoms with E-state index in [1.807, 2.05) is 60.7 Å². The largest absolute Gasteiger partial charge is 0.496 e. The number of benzene rings is 4. The molecule has 0 saturated heterocycles. The quantitative estimate of drug-likeness (QED) is 0.133. The van der Waals surface area contributed by atoms with Crippen molar-refractivity contribution in [2.24, 2.45) is 4.99 Å². The molecule has 11 heteroatoms. The summed E-state index contributed by atoms with van der Waals surface area (Å²) in [6, 6.07) is 23.9. The second-order valence-corrected chi connectivity index (χ2v) is 13.0. The lowest BCUT2D eigenvalue weighted by Crippen LogP contribution is -2.40. The first-order valence-corrected chi connectivity index (χ1v) is 16.9. The van der Waals surface area contributed by atoms with Crippen molar-refractivity contribution >= 4 is 56.7 Å². The normalized spacial score (nSPS) is 14.2. The number of fused-ring (bicyclic) bond motifs is 2. The van der Waals surface area contributed by atoms with Crippen molar-refractivity contribution in [1.82, 2.24) is 4.57 Å². The Morgan fingerprint density at radius 3 is 2.56 bits per heavy atom. The molecular weight excluding hydrogens is 741 g/mol. The number of halogens is 1. The van der Waals surface area contributed by atoms with Crippen molar-refractivity contribution in [2.45, 2.75) is 26.5 Å². The molecule has 0 fully saturated rings. The lowest BCUT2D eigenvalue weighted by atomic mass is 9.90. The summed E-state index contributed by atoms with van der Waals surface area (Å²) >= 11 is 3.40. The highest BCUT2D eigenvalue weighted by molar-refractivity contribution is 14.1. The number of carbonyl (C=O) groups is 1. The highest BCUT2D eigenvalue weighted by Crippen LogP contribution is 2.40. The van der Waals surface area contributed by atoms with E-state index in [0.29, 0.717) is 49.0 Å². The van der Waals surface area contributed by atoms with Crippen LogP contribution in [0.4, 0.5) is 0 Å². The van der Waals surface area contributed by atoms with Gasteiger partial charge in [-0.15, -0.1) is 0 Å². The highest BCUT2D eigenvalue weighted by Gasteiger charge is 2.36. The number of allylic oxidation sites excluding steroid dienone is 1. The Balaban J connectivity index is 1.58. The molecule has 0 radical (unpaired) electrons. The summed E-state index contributed by atoms with van der Waals surface area (Å²) in [6.45, 7) is 3.77. The van der Waals surface area contributed by atoms with E-state index >= 15 is 0 Å². The molecule has 4 aromatic carbocycles. The third kappa shape index (κ3) is 6.09. The van der Waals surface area contributed by atoms with Crippen LogP contribution in [-0.2, 0) is 16.1 Å². The smallest absolute Gasteiger partial charge is 0.338 e. The van der Waals surface area contributed by atoms with E-state index in [4.69, 9.17) is 23.9 Å². The molecule has 0 saturated carbocycles. The Hall–Kier alpha value is -4.93. The maximum atomic E-state index is 14.5. The average molecular weight is 772 g/mol. The van der Waals surface area contributed by atoms with Crippen molar-refractivity contribution < 1.29 is 23.7 Å². The number of esters is 1. The minimum Gasteiger partial charge on any atom is -0.496 e. The van der Waals surface area contributed by atoms with E-state index in [0.717, 1.165) is 19.9 Å². The average Bonchev–Trinajstić information content (AvgIpc) is 3.40. The lowest BCUT2D eigenvalue weighted by molar-refractivity contribution is -0.139. The van der Waals surface area contributed by atoms with E-state index < -0.39 is 12.0 Å². The molecule has 48 heavy (non-hydrogen) atoms. The molecule has 242 valence electrons.